The van der Waals surface area contributed by atoms with Gasteiger partial charge in [-0.25, -0.2) is 0 Å². The van der Waals surface area contributed by atoms with Gasteiger partial charge < -0.3 is 0 Å². The van der Waals surface area contributed by atoms with E-state index in [1.165, 1.54) is 70.6 Å². The van der Waals surface area contributed by atoms with Gasteiger partial charge in [0.05, 0.1) is 6.42 Å². The summed E-state index contributed by atoms with van der Waals surface area (Å²) in [6.45, 7) is 2.25. The fourth-order valence-corrected chi connectivity index (χ4v) is 3.68. The van der Waals surface area contributed by atoms with Gasteiger partial charge in [-0.2, -0.15) is 13.2 Å². The van der Waals surface area contributed by atoms with Crippen molar-refractivity contribution in [3.05, 3.63) is 0 Å². The standard InChI is InChI=1S/C18H34F3I/c1-2-3-4-5-6-7-8-9-10-11-12-13-14-15-17(22)16-18(19,20)21/h17H,2-16H2,1H3. The minimum atomic E-state index is -4.00. The number of alkyl halides is 4. The van der Waals surface area contributed by atoms with Crippen molar-refractivity contribution in [2.45, 2.75) is 113 Å². The van der Waals surface area contributed by atoms with E-state index in [1.807, 2.05) is 22.6 Å². The molecule has 0 rings (SSSR count). The zero-order chi connectivity index (χ0) is 16.7. The Balaban J connectivity index is 3.14. The van der Waals surface area contributed by atoms with Crippen molar-refractivity contribution in [2.24, 2.45) is 0 Å². The number of hydrogen-bond donors (Lipinski definition) is 0. The SMILES string of the molecule is CCCCCCCCCCCCCCCC(I)CC(F)(F)F. The Kier molecular flexibility index (Phi) is 15.4. The van der Waals surface area contributed by atoms with E-state index in [4.69, 9.17) is 0 Å². The summed E-state index contributed by atoms with van der Waals surface area (Å²) in [4.78, 5) is 0. The van der Waals surface area contributed by atoms with Gasteiger partial charge in [-0.15, -0.1) is 0 Å². The van der Waals surface area contributed by atoms with Crippen molar-refractivity contribution < 1.29 is 13.2 Å². The van der Waals surface area contributed by atoms with Crippen LogP contribution in [-0.2, 0) is 0 Å². The van der Waals surface area contributed by atoms with Crippen LogP contribution in [-0.4, -0.2) is 10.1 Å². The number of unbranched alkanes of at least 4 members (excludes halogenated alkanes) is 12. The highest BCUT2D eigenvalue weighted by atomic mass is 127. The quantitative estimate of drug-likeness (QED) is 0.138. The molecule has 1 atom stereocenters. The molecule has 0 fully saturated rings. The molecule has 0 spiro atoms. The van der Waals surface area contributed by atoms with E-state index in [9.17, 15) is 13.2 Å². The van der Waals surface area contributed by atoms with E-state index >= 15 is 0 Å². The highest BCUT2D eigenvalue weighted by Gasteiger charge is 2.30. The molecule has 0 nitrogen and oxygen atoms in total. The monoisotopic (exact) mass is 434 g/mol. The summed E-state index contributed by atoms with van der Waals surface area (Å²) >= 11 is 1.94. The summed E-state index contributed by atoms with van der Waals surface area (Å²) in [7, 11) is 0. The zero-order valence-electron chi connectivity index (χ0n) is 14.2. The maximum absolute atomic E-state index is 12.2. The molecule has 0 aliphatic heterocycles. The van der Waals surface area contributed by atoms with Gasteiger partial charge in [0.25, 0.3) is 0 Å². The van der Waals surface area contributed by atoms with Crippen LogP contribution in [0, 0.1) is 0 Å². The van der Waals surface area contributed by atoms with Crippen LogP contribution in [0.3, 0.4) is 0 Å². The summed E-state index contributed by atoms with van der Waals surface area (Å²) in [6.07, 6.45) is 12.8. The number of halogens is 4. The van der Waals surface area contributed by atoms with Gasteiger partial charge in [0, 0.05) is 3.92 Å². The molecule has 0 amide bonds. The minimum absolute atomic E-state index is 0.245. The molecule has 0 aliphatic rings. The maximum atomic E-state index is 12.2. The van der Waals surface area contributed by atoms with Crippen LogP contribution < -0.4 is 0 Å². The van der Waals surface area contributed by atoms with Crippen LogP contribution >= 0.6 is 22.6 Å². The Hall–Kier alpha value is 0.520. The van der Waals surface area contributed by atoms with E-state index in [1.54, 1.807) is 0 Å². The molecule has 0 aromatic rings. The first-order chi connectivity index (χ1) is 10.5. The molecule has 22 heavy (non-hydrogen) atoms. The summed E-state index contributed by atoms with van der Waals surface area (Å²) in [5, 5.41) is 0. The predicted octanol–water partition coefficient (Wildman–Crippen LogP) is 8.22. The molecule has 0 saturated carbocycles. The van der Waals surface area contributed by atoms with Crippen LogP contribution in [0.4, 0.5) is 13.2 Å². The summed E-state index contributed by atoms with van der Waals surface area (Å²) in [6, 6.07) is 0. The van der Waals surface area contributed by atoms with Crippen LogP contribution in [0.5, 0.6) is 0 Å². The minimum Gasteiger partial charge on any atom is -0.171 e. The fourth-order valence-electron chi connectivity index (χ4n) is 2.74. The smallest absolute Gasteiger partial charge is 0.171 e. The maximum Gasteiger partial charge on any atom is 0.390 e. The van der Waals surface area contributed by atoms with Crippen LogP contribution in [0.25, 0.3) is 0 Å². The highest BCUT2D eigenvalue weighted by Crippen LogP contribution is 2.28. The lowest BCUT2D eigenvalue weighted by atomic mass is 10.0. The van der Waals surface area contributed by atoms with Gasteiger partial charge in [-0.1, -0.05) is 113 Å². The Morgan fingerprint density at radius 3 is 1.41 bits per heavy atom. The fraction of sp³-hybridized carbons (Fsp3) is 1.00. The molecule has 1 unspecified atom stereocenters. The average Bonchev–Trinajstić information content (AvgIpc) is 2.42. The lowest BCUT2D eigenvalue weighted by Crippen LogP contribution is -2.14. The summed E-state index contributed by atoms with van der Waals surface area (Å²) < 4.78 is 36.3. The van der Waals surface area contributed by atoms with Crippen molar-refractivity contribution in [1.29, 1.82) is 0 Å². The van der Waals surface area contributed by atoms with Crippen LogP contribution in [0.15, 0.2) is 0 Å². The Bertz CT molecular complexity index is 229. The zero-order valence-corrected chi connectivity index (χ0v) is 16.4. The van der Waals surface area contributed by atoms with Gasteiger partial charge in [0.1, 0.15) is 0 Å². The largest absolute Gasteiger partial charge is 0.390 e. The molecule has 0 bridgehead atoms. The number of hydrogen-bond acceptors (Lipinski definition) is 0. The molecule has 4 heteroatoms. The molecule has 134 valence electrons. The van der Waals surface area contributed by atoms with Crippen molar-refractivity contribution >= 4 is 22.6 Å². The second kappa shape index (κ2) is 15.1. The Morgan fingerprint density at radius 2 is 1.05 bits per heavy atom. The molecule has 0 radical (unpaired) electrons. The summed E-state index contributed by atoms with van der Waals surface area (Å²) in [5.41, 5.74) is 0. The second-order valence-corrected chi connectivity index (χ2v) is 8.21. The first-order valence-corrected chi connectivity index (χ1v) is 10.4. The van der Waals surface area contributed by atoms with Gasteiger partial charge in [0.15, 0.2) is 0 Å². The molecule has 0 aromatic heterocycles. The number of rotatable bonds is 15. The summed E-state index contributed by atoms with van der Waals surface area (Å²) in [5.74, 6) is 0. The normalized spacial score (nSPS) is 13.5. The van der Waals surface area contributed by atoms with Crippen LogP contribution in [0.2, 0.25) is 0 Å². The van der Waals surface area contributed by atoms with E-state index in [2.05, 4.69) is 6.92 Å². The van der Waals surface area contributed by atoms with Crippen molar-refractivity contribution in [3.63, 3.8) is 0 Å². The molecule has 0 aromatic carbocycles. The molecular weight excluding hydrogens is 400 g/mol. The Morgan fingerprint density at radius 1 is 0.682 bits per heavy atom. The predicted molar refractivity (Wildman–Crippen MR) is 98.8 cm³/mol. The van der Waals surface area contributed by atoms with E-state index in [-0.39, 0.29) is 3.92 Å². The lowest BCUT2D eigenvalue weighted by molar-refractivity contribution is -0.133. The van der Waals surface area contributed by atoms with Gasteiger partial charge in [-0.3, -0.25) is 0 Å². The highest BCUT2D eigenvalue weighted by molar-refractivity contribution is 14.1. The average molecular weight is 434 g/mol. The van der Waals surface area contributed by atoms with Crippen LogP contribution in [0.1, 0.15) is 103 Å². The van der Waals surface area contributed by atoms with E-state index < -0.39 is 12.6 Å². The van der Waals surface area contributed by atoms with E-state index in [0.717, 1.165) is 12.8 Å². The first-order valence-electron chi connectivity index (χ1n) is 9.16. The van der Waals surface area contributed by atoms with Crippen molar-refractivity contribution in [3.8, 4) is 0 Å². The molecule has 0 heterocycles. The van der Waals surface area contributed by atoms with Gasteiger partial charge in [-0.05, 0) is 6.42 Å². The van der Waals surface area contributed by atoms with E-state index in [0.29, 0.717) is 6.42 Å². The third kappa shape index (κ3) is 18.6. The third-order valence-electron chi connectivity index (χ3n) is 4.07. The first kappa shape index (κ1) is 22.5. The molecule has 0 aliphatic carbocycles. The topological polar surface area (TPSA) is 0 Å². The van der Waals surface area contributed by atoms with Crippen molar-refractivity contribution in [2.75, 3.05) is 0 Å². The third-order valence-corrected chi connectivity index (χ3v) is 5.14. The Labute approximate surface area is 149 Å². The van der Waals surface area contributed by atoms with Crippen molar-refractivity contribution in [1.82, 2.24) is 0 Å². The molecule has 0 saturated heterocycles. The lowest BCUT2D eigenvalue weighted by Gasteiger charge is -2.12. The van der Waals surface area contributed by atoms with Gasteiger partial charge >= 0.3 is 6.18 Å². The second-order valence-electron chi connectivity index (χ2n) is 6.45. The molecular formula is C18H34F3I. The van der Waals surface area contributed by atoms with Gasteiger partial charge in [0.2, 0.25) is 0 Å². The molecule has 0 N–H and O–H groups in total.